The number of hydrogen-bond acceptors (Lipinski definition) is 10. The molecule has 288 valence electrons. The SMILES string of the molecule is COc1ccc2c(O[C@@H]3C[C@H]4C(=O)N[C@]5(C(=O)NS(=O)(=O)C6(CF)CC6)CC5/C=C\CC[C@@H](C)C[C@@H](C)[C@H](NC(=O)O)C(=O)N4C3)nc(OC)cc2c1. The highest BCUT2D eigenvalue weighted by Crippen LogP contribution is 2.48. The van der Waals surface area contributed by atoms with Crippen molar-refractivity contribution in [3.63, 3.8) is 0 Å². The number of sulfonamides is 1. The van der Waals surface area contributed by atoms with Gasteiger partial charge in [0.15, 0.2) is 0 Å². The molecule has 1 aromatic carbocycles. The third-order valence-corrected chi connectivity index (χ3v) is 13.1. The number of fused-ring (bicyclic) bond motifs is 3. The van der Waals surface area contributed by atoms with E-state index in [2.05, 4.69) is 15.6 Å². The predicted molar refractivity (Wildman–Crippen MR) is 190 cm³/mol. The Labute approximate surface area is 307 Å². The largest absolute Gasteiger partial charge is 0.497 e. The van der Waals surface area contributed by atoms with E-state index < -0.39 is 80.8 Å². The number of nitrogens with one attached hydrogen (secondary N) is 3. The first kappa shape index (κ1) is 38.1. The molecular formula is C36H46FN5O10S. The van der Waals surface area contributed by atoms with Crippen LogP contribution in [0.3, 0.4) is 0 Å². The second-order valence-electron chi connectivity index (χ2n) is 14.8. The Hall–Kier alpha value is -4.67. The fourth-order valence-electron chi connectivity index (χ4n) is 7.54. The molecule has 15 nitrogen and oxygen atoms in total. The Morgan fingerprint density at radius 2 is 1.89 bits per heavy atom. The second-order valence-corrected chi connectivity index (χ2v) is 16.9. The first-order chi connectivity index (χ1) is 25.2. The lowest BCUT2D eigenvalue weighted by Gasteiger charge is -2.32. The minimum atomic E-state index is -4.40. The molecule has 1 aromatic heterocycles. The molecule has 4 N–H and O–H groups in total. The number of rotatable bonds is 9. The van der Waals surface area contributed by atoms with E-state index in [-0.39, 0.29) is 49.9 Å². The number of amides is 4. The van der Waals surface area contributed by atoms with E-state index in [4.69, 9.17) is 14.2 Å². The molecule has 2 saturated carbocycles. The Balaban J connectivity index is 1.35. The third-order valence-electron chi connectivity index (χ3n) is 11.0. The van der Waals surface area contributed by atoms with Crippen LogP contribution in [0.2, 0.25) is 0 Å². The van der Waals surface area contributed by atoms with E-state index >= 15 is 0 Å². The molecule has 1 saturated heterocycles. The lowest BCUT2D eigenvalue weighted by molar-refractivity contribution is -0.142. The molecule has 53 heavy (non-hydrogen) atoms. The first-order valence-electron chi connectivity index (χ1n) is 17.8. The van der Waals surface area contributed by atoms with E-state index in [0.29, 0.717) is 35.8 Å². The van der Waals surface area contributed by atoms with E-state index in [0.717, 1.165) is 0 Å². The van der Waals surface area contributed by atoms with E-state index in [1.165, 1.54) is 19.1 Å². The minimum absolute atomic E-state index is 0.0693. The van der Waals surface area contributed by atoms with Crippen molar-refractivity contribution in [3.05, 3.63) is 36.4 Å². The predicted octanol–water partition coefficient (Wildman–Crippen LogP) is 3.07. The summed E-state index contributed by atoms with van der Waals surface area (Å²) in [5.41, 5.74) is -1.68. The lowest BCUT2D eigenvalue weighted by Crippen LogP contribution is -2.59. The van der Waals surface area contributed by atoms with Crippen LogP contribution in [-0.2, 0) is 24.4 Å². The first-order valence-corrected chi connectivity index (χ1v) is 19.2. The number of pyridine rings is 1. The van der Waals surface area contributed by atoms with Gasteiger partial charge < -0.3 is 34.9 Å². The molecule has 3 fully saturated rings. The van der Waals surface area contributed by atoms with Crippen LogP contribution in [0.5, 0.6) is 17.5 Å². The second kappa shape index (κ2) is 14.6. The zero-order valence-corrected chi connectivity index (χ0v) is 30.9. The van der Waals surface area contributed by atoms with Crippen LogP contribution in [0.1, 0.15) is 58.8 Å². The van der Waals surface area contributed by atoms with Crippen LogP contribution < -0.4 is 29.6 Å². The van der Waals surface area contributed by atoms with Gasteiger partial charge in [0.1, 0.15) is 40.9 Å². The third kappa shape index (κ3) is 7.57. The molecule has 0 radical (unpaired) electrons. The molecule has 1 unspecified atom stereocenters. The summed E-state index contributed by atoms with van der Waals surface area (Å²) < 4.78 is 57.5. The molecule has 2 aliphatic carbocycles. The number of ether oxygens (including phenoxy) is 3. The monoisotopic (exact) mass is 759 g/mol. The molecule has 2 aliphatic heterocycles. The lowest BCUT2D eigenvalue weighted by atomic mass is 9.88. The molecule has 4 aliphatic rings. The Morgan fingerprint density at radius 3 is 2.55 bits per heavy atom. The van der Waals surface area contributed by atoms with Gasteiger partial charge in [0, 0.05) is 23.8 Å². The number of carboxylic acid groups (broad SMARTS) is 1. The highest BCUT2D eigenvalue weighted by Gasteiger charge is 2.64. The van der Waals surface area contributed by atoms with Crippen LogP contribution in [0.4, 0.5) is 9.18 Å². The zero-order chi connectivity index (χ0) is 38.3. The van der Waals surface area contributed by atoms with Gasteiger partial charge in [-0.3, -0.25) is 19.1 Å². The number of nitrogens with zero attached hydrogens (tertiary/aromatic N) is 2. The number of aromatic nitrogens is 1. The van der Waals surface area contributed by atoms with Gasteiger partial charge in [-0.1, -0.05) is 26.0 Å². The van der Waals surface area contributed by atoms with Crippen molar-refractivity contribution < 1.29 is 51.3 Å². The van der Waals surface area contributed by atoms with Crippen molar-refractivity contribution in [2.24, 2.45) is 17.8 Å². The standard InChI is InChI=1S/C36H46FN5O10S/c1-20-7-5-6-8-23-17-36(23,33(45)41-53(48,49)35(19-37)11-12-35)40-30(43)27-16-25(18-42(27)32(44)29(21(2)13-20)39-34(46)47)52-31-26-10-9-24(50-3)14-22(26)15-28(38-31)51-4/h6,8-10,14-15,20-21,23,25,27,29,39H,5,7,11-13,16-19H2,1-4H3,(H,40,43)(H,41,45)(H,46,47)/b8-6-/t20-,21-,23?,25-,27+,29+,36-/m1/s1. The van der Waals surface area contributed by atoms with Crippen LogP contribution >= 0.6 is 0 Å². The number of carbonyl (C=O) groups is 4. The van der Waals surface area contributed by atoms with Gasteiger partial charge in [0.05, 0.1) is 20.8 Å². The van der Waals surface area contributed by atoms with Gasteiger partial charge in [-0.25, -0.2) is 17.6 Å². The topological polar surface area (TPSA) is 203 Å². The smallest absolute Gasteiger partial charge is 0.405 e. The Morgan fingerprint density at radius 1 is 1.13 bits per heavy atom. The summed E-state index contributed by atoms with van der Waals surface area (Å²) in [6.07, 6.45) is 3.36. The van der Waals surface area contributed by atoms with Crippen molar-refractivity contribution in [1.82, 2.24) is 25.2 Å². The van der Waals surface area contributed by atoms with Crippen molar-refractivity contribution in [1.29, 1.82) is 0 Å². The average molecular weight is 760 g/mol. The van der Waals surface area contributed by atoms with Crippen LogP contribution in [0, 0.1) is 17.8 Å². The van der Waals surface area contributed by atoms with E-state index in [1.807, 2.05) is 17.7 Å². The molecule has 0 spiro atoms. The van der Waals surface area contributed by atoms with Crippen LogP contribution in [-0.4, -0.2) is 103 Å². The highest BCUT2D eigenvalue weighted by atomic mass is 32.2. The maximum absolute atomic E-state index is 14.4. The summed E-state index contributed by atoms with van der Waals surface area (Å²) in [5.74, 6) is -2.33. The van der Waals surface area contributed by atoms with Gasteiger partial charge >= 0.3 is 6.09 Å². The number of allylic oxidation sites excluding steroid dienone is 1. The zero-order valence-electron chi connectivity index (χ0n) is 30.1. The number of methoxy groups -OCH3 is 2. The van der Waals surface area contributed by atoms with Gasteiger partial charge in [-0.15, -0.1) is 0 Å². The molecule has 6 rings (SSSR count). The number of halogens is 1. The summed E-state index contributed by atoms with van der Waals surface area (Å²) in [6.45, 7) is 2.49. The summed E-state index contributed by atoms with van der Waals surface area (Å²) in [6, 6.07) is 4.51. The maximum atomic E-state index is 14.4. The van der Waals surface area contributed by atoms with E-state index in [1.54, 1.807) is 37.3 Å². The van der Waals surface area contributed by atoms with Crippen molar-refractivity contribution >= 4 is 44.6 Å². The number of alkyl halides is 1. The van der Waals surface area contributed by atoms with Crippen molar-refractivity contribution in [2.45, 2.75) is 87.3 Å². The molecule has 17 heteroatoms. The summed E-state index contributed by atoms with van der Waals surface area (Å²) in [7, 11) is -1.41. The van der Waals surface area contributed by atoms with Gasteiger partial charge in [-0.2, -0.15) is 4.98 Å². The van der Waals surface area contributed by atoms with Crippen LogP contribution in [0.15, 0.2) is 36.4 Å². The number of carbonyl (C=O) groups excluding carboxylic acids is 3. The fraction of sp³-hybridized carbons (Fsp3) is 0.583. The van der Waals surface area contributed by atoms with Gasteiger partial charge in [-0.05, 0) is 73.9 Å². The average Bonchev–Trinajstić information content (AvgIpc) is 4.02. The number of hydrogen-bond donors (Lipinski definition) is 4. The van der Waals surface area contributed by atoms with Gasteiger partial charge in [0.2, 0.25) is 33.6 Å². The van der Waals surface area contributed by atoms with Crippen molar-refractivity contribution in [2.75, 3.05) is 27.4 Å². The normalized spacial score (nSPS) is 30.4. The fourth-order valence-corrected chi connectivity index (χ4v) is 8.97. The summed E-state index contributed by atoms with van der Waals surface area (Å²) in [4.78, 5) is 60.3. The molecular weight excluding hydrogens is 713 g/mol. The maximum Gasteiger partial charge on any atom is 0.405 e. The molecule has 3 heterocycles. The molecule has 4 amide bonds. The summed E-state index contributed by atoms with van der Waals surface area (Å²) >= 11 is 0. The van der Waals surface area contributed by atoms with E-state index in [9.17, 15) is 37.1 Å². The quantitative estimate of drug-likeness (QED) is 0.274. The molecule has 7 atom stereocenters. The highest BCUT2D eigenvalue weighted by molar-refractivity contribution is 7.91. The number of benzene rings is 1. The van der Waals surface area contributed by atoms with Crippen molar-refractivity contribution in [3.8, 4) is 17.5 Å². The summed E-state index contributed by atoms with van der Waals surface area (Å²) in [5, 5.41) is 16.2. The van der Waals surface area contributed by atoms with Gasteiger partial charge in [0.25, 0.3) is 5.91 Å². The Bertz CT molecular complexity index is 1920. The Kier molecular flexibility index (Phi) is 10.5. The van der Waals surface area contributed by atoms with Crippen LogP contribution in [0.25, 0.3) is 10.8 Å². The minimum Gasteiger partial charge on any atom is -0.497 e. The molecule has 2 aromatic rings. The molecule has 0 bridgehead atoms.